The van der Waals surface area contributed by atoms with Crippen LogP contribution >= 0.6 is 0 Å². The van der Waals surface area contributed by atoms with Gasteiger partial charge in [-0.15, -0.1) is 0 Å². The van der Waals surface area contributed by atoms with Crippen LogP contribution in [0.25, 0.3) is 10.9 Å². The van der Waals surface area contributed by atoms with Crippen molar-refractivity contribution in [3.8, 4) is 0 Å². The number of hydrogen-bond acceptors (Lipinski definition) is 2. The highest BCUT2D eigenvalue weighted by Gasteiger charge is 2.28. The maximum absolute atomic E-state index is 5.17. The second kappa shape index (κ2) is 5.57. The largest absolute Gasteiger partial charge is 0.354 e. The zero-order chi connectivity index (χ0) is 18.7. The van der Waals surface area contributed by atoms with Crippen molar-refractivity contribution in [1.82, 2.24) is 4.98 Å². The average Bonchev–Trinajstić information content (AvgIpc) is 2.57. The van der Waals surface area contributed by atoms with Crippen LogP contribution in [0.2, 0.25) is 0 Å². The van der Waals surface area contributed by atoms with Crippen LogP contribution in [0.15, 0.2) is 42.5 Å². The van der Waals surface area contributed by atoms with Crippen molar-refractivity contribution < 1.29 is 0 Å². The molecule has 0 atom stereocenters. The van der Waals surface area contributed by atoms with E-state index >= 15 is 0 Å². The molecule has 1 N–H and O–H groups in total. The Morgan fingerprint density at radius 1 is 0.885 bits per heavy atom. The van der Waals surface area contributed by atoms with Crippen LogP contribution in [-0.4, -0.2) is 4.98 Å². The molecular formula is C24H28N2. The van der Waals surface area contributed by atoms with E-state index in [1.807, 2.05) is 0 Å². The van der Waals surface area contributed by atoms with Crippen molar-refractivity contribution in [3.63, 3.8) is 0 Å². The Labute approximate surface area is 156 Å². The molecule has 0 amide bonds. The van der Waals surface area contributed by atoms with Gasteiger partial charge in [-0.2, -0.15) is 0 Å². The predicted octanol–water partition coefficient (Wildman–Crippen LogP) is 6.48. The highest BCUT2D eigenvalue weighted by Crippen LogP contribution is 2.42. The van der Waals surface area contributed by atoms with Gasteiger partial charge in [0.2, 0.25) is 0 Å². The normalized spacial score (nSPS) is 13.9. The zero-order valence-corrected chi connectivity index (χ0v) is 16.7. The summed E-state index contributed by atoms with van der Waals surface area (Å²) in [5, 5.41) is 4.93. The smallest absolute Gasteiger partial charge is 0.0729 e. The van der Waals surface area contributed by atoms with Crippen LogP contribution in [0.5, 0.6) is 0 Å². The molecule has 3 aromatic rings. The molecule has 1 aromatic heterocycles. The third-order valence-corrected chi connectivity index (χ3v) is 5.31. The first-order valence-electron chi connectivity index (χ1n) is 9.47. The molecule has 2 heterocycles. The van der Waals surface area contributed by atoms with Gasteiger partial charge in [0, 0.05) is 28.5 Å². The van der Waals surface area contributed by atoms with E-state index in [0.29, 0.717) is 0 Å². The second-order valence-corrected chi connectivity index (χ2v) is 9.50. The van der Waals surface area contributed by atoms with E-state index in [4.69, 9.17) is 4.98 Å². The summed E-state index contributed by atoms with van der Waals surface area (Å²) in [6.07, 6.45) is 0.940. The minimum atomic E-state index is 0.00394. The molecule has 4 rings (SSSR count). The van der Waals surface area contributed by atoms with E-state index in [-0.39, 0.29) is 10.8 Å². The highest BCUT2D eigenvalue weighted by atomic mass is 14.9. The molecule has 0 spiro atoms. The number of rotatable bonds is 0. The molecule has 0 saturated heterocycles. The monoisotopic (exact) mass is 344 g/mol. The van der Waals surface area contributed by atoms with Gasteiger partial charge in [-0.3, -0.25) is 4.98 Å². The molecule has 134 valence electrons. The van der Waals surface area contributed by atoms with Crippen LogP contribution < -0.4 is 5.32 Å². The van der Waals surface area contributed by atoms with E-state index in [1.54, 1.807) is 0 Å². The van der Waals surface area contributed by atoms with Crippen molar-refractivity contribution in [2.45, 2.75) is 58.8 Å². The van der Waals surface area contributed by atoms with Crippen molar-refractivity contribution in [2.24, 2.45) is 0 Å². The molecule has 0 fully saturated rings. The Hall–Kier alpha value is -2.35. The SMILES string of the molecule is CC(C)(C)c1ccc2c3c(c(C(C)(C)C)nc2c1)Cc1ccccc1N3. The zero-order valence-electron chi connectivity index (χ0n) is 16.7. The Morgan fingerprint density at radius 2 is 1.62 bits per heavy atom. The fourth-order valence-electron chi connectivity index (χ4n) is 3.83. The van der Waals surface area contributed by atoms with Gasteiger partial charge in [-0.1, -0.05) is 71.9 Å². The van der Waals surface area contributed by atoms with Crippen molar-refractivity contribution >= 4 is 22.3 Å². The highest BCUT2D eigenvalue weighted by molar-refractivity contribution is 5.97. The lowest BCUT2D eigenvalue weighted by atomic mass is 9.82. The molecule has 2 heteroatoms. The average molecular weight is 345 g/mol. The number of para-hydroxylation sites is 1. The molecule has 26 heavy (non-hydrogen) atoms. The number of fused-ring (bicyclic) bond motifs is 4. The maximum Gasteiger partial charge on any atom is 0.0729 e. The third kappa shape index (κ3) is 2.78. The van der Waals surface area contributed by atoms with Crippen molar-refractivity contribution in [3.05, 3.63) is 64.8 Å². The Kier molecular flexibility index (Phi) is 3.66. The van der Waals surface area contributed by atoms with E-state index in [0.717, 1.165) is 11.9 Å². The number of aromatic nitrogens is 1. The fraction of sp³-hybridized carbons (Fsp3) is 0.375. The predicted molar refractivity (Wildman–Crippen MR) is 112 cm³/mol. The number of pyridine rings is 1. The molecule has 1 aliphatic rings. The van der Waals surface area contributed by atoms with Crippen LogP contribution in [0, 0.1) is 0 Å². The number of benzene rings is 2. The van der Waals surface area contributed by atoms with E-state index in [9.17, 15) is 0 Å². The van der Waals surface area contributed by atoms with Crippen molar-refractivity contribution in [1.29, 1.82) is 0 Å². The first-order valence-corrected chi connectivity index (χ1v) is 9.47. The van der Waals surface area contributed by atoms with Gasteiger partial charge in [-0.05, 0) is 28.7 Å². The molecule has 0 saturated carbocycles. The molecule has 0 aliphatic carbocycles. The Balaban J connectivity index is 2.01. The first kappa shape index (κ1) is 17.1. The van der Waals surface area contributed by atoms with E-state index < -0.39 is 0 Å². The first-order chi connectivity index (χ1) is 12.1. The number of hydrogen-bond donors (Lipinski definition) is 1. The summed E-state index contributed by atoms with van der Waals surface area (Å²) in [6, 6.07) is 15.4. The van der Waals surface area contributed by atoms with Crippen LogP contribution in [0.4, 0.5) is 11.4 Å². The lowest BCUT2D eigenvalue weighted by Gasteiger charge is -2.30. The number of nitrogens with zero attached hydrogens (tertiary/aromatic N) is 1. The summed E-state index contributed by atoms with van der Waals surface area (Å²) in [7, 11) is 0. The summed E-state index contributed by atoms with van der Waals surface area (Å²) >= 11 is 0. The van der Waals surface area contributed by atoms with E-state index in [2.05, 4.69) is 89.3 Å². The summed E-state index contributed by atoms with van der Waals surface area (Å²) in [5.41, 5.74) is 8.88. The van der Waals surface area contributed by atoms with Gasteiger partial charge in [-0.25, -0.2) is 0 Å². The van der Waals surface area contributed by atoms with Crippen LogP contribution in [0.1, 0.15) is 63.9 Å². The summed E-state index contributed by atoms with van der Waals surface area (Å²) in [6.45, 7) is 13.5. The molecule has 0 bridgehead atoms. The minimum Gasteiger partial charge on any atom is -0.354 e. The molecular weight excluding hydrogens is 316 g/mol. The standard InChI is InChI=1S/C24H28N2/c1-23(2,3)16-11-12-17-20(14-16)26-22(24(4,5)6)18-13-15-9-7-8-10-19(15)25-21(17)18/h7-12,14,25H,13H2,1-6H3. The van der Waals surface area contributed by atoms with Crippen molar-refractivity contribution in [2.75, 3.05) is 5.32 Å². The summed E-state index contributed by atoms with van der Waals surface area (Å²) in [5.74, 6) is 0. The molecule has 2 aromatic carbocycles. The van der Waals surface area contributed by atoms with Gasteiger partial charge >= 0.3 is 0 Å². The summed E-state index contributed by atoms with van der Waals surface area (Å²) in [4.78, 5) is 5.17. The third-order valence-electron chi connectivity index (χ3n) is 5.31. The second-order valence-electron chi connectivity index (χ2n) is 9.50. The lowest BCUT2D eigenvalue weighted by molar-refractivity contribution is 0.564. The number of nitrogens with one attached hydrogen (secondary N) is 1. The molecule has 0 radical (unpaired) electrons. The minimum absolute atomic E-state index is 0.00394. The van der Waals surface area contributed by atoms with Gasteiger partial charge in [0.15, 0.2) is 0 Å². The molecule has 2 nitrogen and oxygen atoms in total. The van der Waals surface area contributed by atoms with Gasteiger partial charge in [0.1, 0.15) is 0 Å². The fourth-order valence-corrected chi connectivity index (χ4v) is 3.83. The summed E-state index contributed by atoms with van der Waals surface area (Å²) < 4.78 is 0. The van der Waals surface area contributed by atoms with Crippen LogP contribution in [-0.2, 0) is 17.3 Å². The Bertz CT molecular complexity index is 1000. The van der Waals surface area contributed by atoms with E-state index in [1.165, 1.54) is 39.1 Å². The molecule has 1 aliphatic heterocycles. The van der Waals surface area contributed by atoms with Crippen LogP contribution in [0.3, 0.4) is 0 Å². The van der Waals surface area contributed by atoms with Gasteiger partial charge in [0.05, 0.1) is 16.9 Å². The number of anilines is 2. The lowest BCUT2D eigenvalue weighted by Crippen LogP contribution is -2.21. The van der Waals surface area contributed by atoms with Gasteiger partial charge in [0.25, 0.3) is 0 Å². The Morgan fingerprint density at radius 3 is 2.31 bits per heavy atom. The maximum atomic E-state index is 5.17. The topological polar surface area (TPSA) is 24.9 Å². The molecule has 0 unspecified atom stereocenters. The van der Waals surface area contributed by atoms with Gasteiger partial charge < -0.3 is 5.32 Å². The quantitative estimate of drug-likeness (QED) is 0.395.